The van der Waals surface area contributed by atoms with E-state index >= 15 is 0 Å². The first-order valence-electron chi connectivity index (χ1n) is 4.11. The summed E-state index contributed by atoms with van der Waals surface area (Å²) in [4.78, 5) is 4.26. The van der Waals surface area contributed by atoms with Crippen LogP contribution in [0.3, 0.4) is 0 Å². The van der Waals surface area contributed by atoms with E-state index < -0.39 is 0 Å². The lowest BCUT2D eigenvalue weighted by molar-refractivity contribution is 1.03. The maximum absolute atomic E-state index is 5.66. The van der Waals surface area contributed by atoms with Crippen LogP contribution in [0, 0.1) is 6.92 Å². The molecular formula is C9H8ClN3S. The van der Waals surface area contributed by atoms with Gasteiger partial charge in [0, 0.05) is 6.20 Å². The van der Waals surface area contributed by atoms with Crippen molar-refractivity contribution in [1.29, 1.82) is 0 Å². The average Bonchev–Trinajstić information content (AvgIpc) is 2.67. The molecule has 5 heteroatoms. The minimum absolute atomic E-state index is 0.406. The summed E-state index contributed by atoms with van der Waals surface area (Å²) in [7, 11) is 0. The first-order valence-corrected chi connectivity index (χ1v) is 5.46. The highest BCUT2D eigenvalue weighted by Crippen LogP contribution is 2.24. The number of alkyl halides is 1. The average molecular weight is 226 g/mol. The summed E-state index contributed by atoms with van der Waals surface area (Å²) >= 11 is 7.14. The van der Waals surface area contributed by atoms with Gasteiger partial charge in [-0.3, -0.25) is 4.98 Å². The van der Waals surface area contributed by atoms with Gasteiger partial charge < -0.3 is 0 Å². The van der Waals surface area contributed by atoms with Crippen LogP contribution in [-0.2, 0) is 5.88 Å². The monoisotopic (exact) mass is 225 g/mol. The molecule has 0 amide bonds. The van der Waals surface area contributed by atoms with E-state index in [4.69, 9.17) is 11.6 Å². The smallest absolute Gasteiger partial charge is 0.166 e. The van der Waals surface area contributed by atoms with Gasteiger partial charge in [-0.25, -0.2) is 0 Å². The topological polar surface area (TPSA) is 38.7 Å². The van der Waals surface area contributed by atoms with Gasteiger partial charge in [0.1, 0.15) is 10.7 Å². The normalized spacial score (nSPS) is 10.4. The third kappa shape index (κ3) is 1.76. The summed E-state index contributed by atoms with van der Waals surface area (Å²) in [5.41, 5.74) is 1.99. The highest BCUT2D eigenvalue weighted by molar-refractivity contribution is 7.14. The number of rotatable bonds is 2. The molecule has 0 atom stereocenters. The summed E-state index contributed by atoms with van der Waals surface area (Å²) in [5.74, 6) is 0.406. The van der Waals surface area contributed by atoms with Gasteiger partial charge in [-0.05, 0) is 18.6 Å². The largest absolute Gasteiger partial charge is 0.253 e. The number of hydrogen-bond acceptors (Lipinski definition) is 4. The fourth-order valence-electron chi connectivity index (χ4n) is 1.11. The van der Waals surface area contributed by atoms with E-state index in [0.717, 1.165) is 21.3 Å². The van der Waals surface area contributed by atoms with E-state index in [1.165, 1.54) is 11.3 Å². The van der Waals surface area contributed by atoms with E-state index in [1.807, 2.05) is 19.1 Å². The van der Waals surface area contributed by atoms with Crippen molar-refractivity contribution in [1.82, 2.24) is 15.2 Å². The molecule has 0 N–H and O–H groups in total. The maximum Gasteiger partial charge on any atom is 0.166 e. The van der Waals surface area contributed by atoms with Gasteiger partial charge in [0.05, 0.1) is 5.88 Å². The van der Waals surface area contributed by atoms with E-state index in [9.17, 15) is 0 Å². The minimum Gasteiger partial charge on any atom is -0.253 e. The van der Waals surface area contributed by atoms with Crippen LogP contribution >= 0.6 is 22.9 Å². The Bertz CT molecular complexity index is 441. The first-order chi connectivity index (χ1) is 6.81. The van der Waals surface area contributed by atoms with E-state index in [0.29, 0.717) is 5.88 Å². The molecule has 2 heterocycles. The Morgan fingerprint density at radius 1 is 1.43 bits per heavy atom. The van der Waals surface area contributed by atoms with Crippen molar-refractivity contribution in [2.75, 3.05) is 0 Å². The number of halogens is 1. The Morgan fingerprint density at radius 2 is 2.29 bits per heavy atom. The molecule has 72 valence electrons. The fraction of sp³-hybridized carbons (Fsp3) is 0.222. The van der Waals surface area contributed by atoms with E-state index in [2.05, 4.69) is 15.2 Å². The standard InChI is InChI=1S/C9H8ClN3S/c1-6-3-2-4-11-8(6)9-13-12-7(5-10)14-9/h2-4H,5H2,1H3. The summed E-state index contributed by atoms with van der Waals surface area (Å²) in [6.07, 6.45) is 1.75. The Balaban J connectivity index is 2.44. The van der Waals surface area contributed by atoms with Crippen LogP contribution in [0.2, 0.25) is 0 Å². The highest BCUT2D eigenvalue weighted by atomic mass is 35.5. The molecule has 0 radical (unpaired) electrons. The number of aromatic nitrogens is 3. The van der Waals surface area contributed by atoms with Crippen LogP contribution in [0.15, 0.2) is 18.3 Å². The van der Waals surface area contributed by atoms with Crippen LogP contribution in [-0.4, -0.2) is 15.2 Å². The predicted molar refractivity (Wildman–Crippen MR) is 57.4 cm³/mol. The van der Waals surface area contributed by atoms with Crippen LogP contribution in [0.25, 0.3) is 10.7 Å². The lowest BCUT2D eigenvalue weighted by Crippen LogP contribution is -1.85. The molecule has 0 aliphatic heterocycles. The zero-order valence-corrected chi connectivity index (χ0v) is 9.14. The first kappa shape index (κ1) is 9.55. The van der Waals surface area contributed by atoms with Gasteiger partial charge >= 0.3 is 0 Å². The molecular weight excluding hydrogens is 218 g/mol. The molecule has 2 aromatic rings. The van der Waals surface area contributed by atoms with Crippen LogP contribution in [0.1, 0.15) is 10.6 Å². The van der Waals surface area contributed by atoms with Crippen molar-refractivity contribution in [3.63, 3.8) is 0 Å². The molecule has 0 bridgehead atoms. The second kappa shape index (κ2) is 4.02. The van der Waals surface area contributed by atoms with Crippen molar-refractivity contribution < 1.29 is 0 Å². The maximum atomic E-state index is 5.66. The van der Waals surface area contributed by atoms with Gasteiger partial charge in [0.25, 0.3) is 0 Å². The molecule has 0 saturated carbocycles. The fourth-order valence-corrected chi connectivity index (χ4v) is 2.08. The number of pyridine rings is 1. The lowest BCUT2D eigenvalue weighted by Gasteiger charge is -1.97. The molecule has 0 aromatic carbocycles. The predicted octanol–water partition coefficient (Wildman–Crippen LogP) is 2.65. The zero-order valence-electron chi connectivity index (χ0n) is 7.57. The van der Waals surface area contributed by atoms with E-state index in [1.54, 1.807) is 6.20 Å². The zero-order chi connectivity index (χ0) is 9.97. The molecule has 0 aliphatic rings. The molecule has 0 unspecified atom stereocenters. The summed E-state index contributed by atoms with van der Waals surface area (Å²) in [6.45, 7) is 2.00. The number of hydrogen-bond donors (Lipinski definition) is 0. The third-order valence-corrected chi connectivity index (χ3v) is 3.13. The summed E-state index contributed by atoms with van der Waals surface area (Å²) in [5, 5.41) is 9.65. The Labute approximate surface area is 90.8 Å². The third-order valence-electron chi connectivity index (χ3n) is 1.79. The Kier molecular flexibility index (Phi) is 2.74. The van der Waals surface area contributed by atoms with Crippen molar-refractivity contribution >= 4 is 22.9 Å². The summed E-state index contributed by atoms with van der Waals surface area (Å²) in [6, 6.07) is 3.91. The van der Waals surface area contributed by atoms with Crippen molar-refractivity contribution in [2.45, 2.75) is 12.8 Å². The quantitative estimate of drug-likeness (QED) is 0.738. The van der Waals surface area contributed by atoms with Crippen LogP contribution < -0.4 is 0 Å². The lowest BCUT2D eigenvalue weighted by atomic mass is 10.2. The van der Waals surface area contributed by atoms with Gasteiger partial charge in [-0.1, -0.05) is 17.4 Å². The van der Waals surface area contributed by atoms with Gasteiger partial charge in [0.2, 0.25) is 0 Å². The molecule has 0 spiro atoms. The number of nitrogens with zero attached hydrogens (tertiary/aromatic N) is 3. The molecule has 2 rings (SSSR count). The Morgan fingerprint density at radius 3 is 2.93 bits per heavy atom. The second-order valence-electron chi connectivity index (χ2n) is 2.80. The SMILES string of the molecule is Cc1cccnc1-c1nnc(CCl)s1. The van der Waals surface area contributed by atoms with Crippen molar-refractivity contribution in [3.05, 3.63) is 28.9 Å². The molecule has 2 aromatic heterocycles. The number of aryl methyl sites for hydroxylation is 1. The van der Waals surface area contributed by atoms with Crippen LogP contribution in [0.5, 0.6) is 0 Å². The van der Waals surface area contributed by atoms with E-state index in [-0.39, 0.29) is 0 Å². The molecule has 3 nitrogen and oxygen atoms in total. The summed E-state index contributed by atoms with van der Waals surface area (Å²) < 4.78 is 0. The van der Waals surface area contributed by atoms with Crippen molar-refractivity contribution in [3.8, 4) is 10.7 Å². The minimum atomic E-state index is 0.406. The van der Waals surface area contributed by atoms with Gasteiger partial charge in [0.15, 0.2) is 5.01 Å². The van der Waals surface area contributed by atoms with Gasteiger partial charge in [-0.15, -0.1) is 21.8 Å². The molecule has 14 heavy (non-hydrogen) atoms. The molecule has 0 fully saturated rings. The molecule has 0 aliphatic carbocycles. The Hall–Kier alpha value is -1.000. The van der Waals surface area contributed by atoms with Crippen LogP contribution in [0.4, 0.5) is 0 Å². The highest BCUT2D eigenvalue weighted by Gasteiger charge is 2.08. The molecule has 0 saturated heterocycles. The second-order valence-corrected chi connectivity index (χ2v) is 4.13. The van der Waals surface area contributed by atoms with Crippen molar-refractivity contribution in [2.24, 2.45) is 0 Å². The van der Waals surface area contributed by atoms with Gasteiger partial charge in [-0.2, -0.15) is 0 Å².